The van der Waals surface area contributed by atoms with E-state index in [1.54, 1.807) is 59.8 Å². The minimum atomic E-state index is -3.63. The van der Waals surface area contributed by atoms with Crippen LogP contribution in [0.15, 0.2) is 76.3 Å². The number of hydrogen-bond donors (Lipinski definition) is 2. The summed E-state index contributed by atoms with van der Waals surface area (Å²) in [5.41, 5.74) is 3.14. The zero-order valence-electron chi connectivity index (χ0n) is 18.4. The SMILES string of the molecule is CN(CCCc1cc(-c2cccc(F)c2)n[nH]1)C(=O)c1ccc(NS(=O)(=O)c2cccs2)cc1. The van der Waals surface area contributed by atoms with Crippen LogP contribution in [0.25, 0.3) is 11.3 Å². The second-order valence-corrected chi connectivity index (χ2v) is 10.6. The van der Waals surface area contributed by atoms with Gasteiger partial charge in [0.15, 0.2) is 0 Å². The van der Waals surface area contributed by atoms with Gasteiger partial charge in [-0.25, -0.2) is 12.8 Å². The first-order valence-electron chi connectivity index (χ1n) is 10.5. The van der Waals surface area contributed by atoms with Gasteiger partial charge in [0.05, 0.1) is 5.69 Å². The third-order valence-electron chi connectivity index (χ3n) is 5.18. The van der Waals surface area contributed by atoms with Crippen molar-refractivity contribution in [1.29, 1.82) is 0 Å². The summed E-state index contributed by atoms with van der Waals surface area (Å²) in [5.74, 6) is -0.465. The number of H-pyrrole nitrogens is 1. The topological polar surface area (TPSA) is 95.2 Å². The molecule has 2 aromatic carbocycles. The summed E-state index contributed by atoms with van der Waals surface area (Å²) >= 11 is 1.14. The average molecular weight is 499 g/mol. The lowest BCUT2D eigenvalue weighted by atomic mass is 10.1. The molecule has 0 aliphatic heterocycles. The number of hydrogen-bond acceptors (Lipinski definition) is 5. The molecular formula is C24H23FN4O3S2. The van der Waals surface area contributed by atoms with Crippen molar-refractivity contribution >= 4 is 33.0 Å². The molecule has 0 saturated heterocycles. The van der Waals surface area contributed by atoms with Gasteiger partial charge < -0.3 is 4.90 Å². The monoisotopic (exact) mass is 498 g/mol. The quantitative estimate of drug-likeness (QED) is 0.347. The van der Waals surface area contributed by atoms with Gasteiger partial charge in [0.2, 0.25) is 0 Å². The summed E-state index contributed by atoms with van der Waals surface area (Å²) in [6.07, 6.45) is 1.40. The Balaban J connectivity index is 1.29. The Morgan fingerprint density at radius 2 is 1.91 bits per heavy atom. The molecule has 0 aliphatic rings. The number of aromatic amines is 1. The third kappa shape index (κ3) is 5.70. The van der Waals surface area contributed by atoms with Crippen LogP contribution in [0.2, 0.25) is 0 Å². The third-order valence-corrected chi connectivity index (χ3v) is 7.96. The molecular weight excluding hydrogens is 475 g/mol. The molecule has 2 N–H and O–H groups in total. The van der Waals surface area contributed by atoms with Gasteiger partial charge in [-0.2, -0.15) is 5.10 Å². The van der Waals surface area contributed by atoms with Crippen LogP contribution >= 0.6 is 11.3 Å². The molecule has 176 valence electrons. The summed E-state index contributed by atoms with van der Waals surface area (Å²) < 4.78 is 40.8. The maximum atomic E-state index is 13.4. The van der Waals surface area contributed by atoms with Crippen LogP contribution in [0, 0.1) is 5.82 Å². The standard InChI is InChI=1S/C24H23FN4O3S2/c1-29(13-3-7-21-16-22(27-26-21)18-5-2-6-19(25)15-18)24(30)17-9-11-20(12-10-17)28-34(31,32)23-8-4-14-33-23/h2,4-6,8-12,14-16,28H,3,7,13H2,1H3,(H,26,27). The number of benzene rings is 2. The number of amides is 1. The maximum Gasteiger partial charge on any atom is 0.271 e. The van der Waals surface area contributed by atoms with Crippen LogP contribution in [0.1, 0.15) is 22.5 Å². The first-order chi connectivity index (χ1) is 16.3. The van der Waals surface area contributed by atoms with Gasteiger partial charge in [-0.05, 0) is 66.8 Å². The number of aromatic nitrogens is 2. The number of thiophene rings is 1. The molecule has 7 nitrogen and oxygen atoms in total. The molecule has 4 rings (SSSR count). The highest BCUT2D eigenvalue weighted by atomic mass is 32.2. The van der Waals surface area contributed by atoms with E-state index >= 15 is 0 Å². The van der Waals surface area contributed by atoms with Gasteiger partial charge in [-0.3, -0.25) is 14.6 Å². The maximum absolute atomic E-state index is 13.4. The van der Waals surface area contributed by atoms with Crippen LogP contribution in [-0.2, 0) is 16.4 Å². The Kier molecular flexibility index (Phi) is 7.09. The molecule has 0 atom stereocenters. The molecule has 2 heterocycles. The largest absolute Gasteiger partial charge is 0.342 e. The zero-order chi connectivity index (χ0) is 24.1. The molecule has 2 aromatic heterocycles. The predicted octanol–water partition coefficient (Wildman–Crippen LogP) is 4.78. The molecule has 0 radical (unpaired) electrons. The van der Waals surface area contributed by atoms with Crippen molar-refractivity contribution in [2.45, 2.75) is 17.1 Å². The van der Waals surface area contributed by atoms with E-state index in [9.17, 15) is 17.6 Å². The highest BCUT2D eigenvalue weighted by molar-refractivity contribution is 7.94. The van der Waals surface area contributed by atoms with Crippen molar-refractivity contribution in [2.24, 2.45) is 0 Å². The minimum Gasteiger partial charge on any atom is -0.342 e. The second kappa shape index (κ2) is 10.2. The highest BCUT2D eigenvalue weighted by Gasteiger charge is 2.16. The lowest BCUT2D eigenvalue weighted by Gasteiger charge is -2.17. The van der Waals surface area contributed by atoms with Crippen LogP contribution in [-0.4, -0.2) is 43.0 Å². The number of nitrogens with zero attached hydrogens (tertiary/aromatic N) is 2. The first kappa shape index (κ1) is 23.7. The fourth-order valence-electron chi connectivity index (χ4n) is 3.42. The van der Waals surface area contributed by atoms with Crippen LogP contribution in [0.5, 0.6) is 0 Å². The molecule has 0 fully saturated rings. The lowest BCUT2D eigenvalue weighted by Crippen LogP contribution is -2.28. The molecule has 0 saturated carbocycles. The number of sulfonamides is 1. The van der Waals surface area contributed by atoms with E-state index in [2.05, 4.69) is 14.9 Å². The molecule has 0 bridgehead atoms. The Bertz CT molecular complexity index is 1370. The highest BCUT2D eigenvalue weighted by Crippen LogP contribution is 2.21. The van der Waals surface area contributed by atoms with Crippen molar-refractivity contribution in [1.82, 2.24) is 15.1 Å². The van der Waals surface area contributed by atoms with E-state index in [4.69, 9.17) is 0 Å². The van der Waals surface area contributed by atoms with E-state index in [-0.39, 0.29) is 15.9 Å². The zero-order valence-corrected chi connectivity index (χ0v) is 20.0. The molecule has 10 heteroatoms. The Labute approximate surface area is 201 Å². The average Bonchev–Trinajstić information content (AvgIpc) is 3.52. The van der Waals surface area contributed by atoms with Gasteiger partial charge >= 0.3 is 0 Å². The Morgan fingerprint density at radius 1 is 1.12 bits per heavy atom. The summed E-state index contributed by atoms with van der Waals surface area (Å²) in [6.45, 7) is 0.528. The van der Waals surface area contributed by atoms with Crippen molar-refractivity contribution in [3.8, 4) is 11.3 Å². The van der Waals surface area contributed by atoms with Crippen molar-refractivity contribution in [3.63, 3.8) is 0 Å². The van der Waals surface area contributed by atoms with Crippen molar-refractivity contribution in [3.05, 3.63) is 89.2 Å². The van der Waals surface area contributed by atoms with E-state index in [0.717, 1.165) is 17.0 Å². The molecule has 0 spiro atoms. The number of carbonyl (C=O) groups excluding carboxylic acids is 1. The molecule has 1 amide bonds. The van der Waals surface area contributed by atoms with Gasteiger partial charge in [0.25, 0.3) is 15.9 Å². The van der Waals surface area contributed by atoms with E-state index in [1.807, 2.05) is 6.07 Å². The fourth-order valence-corrected chi connectivity index (χ4v) is 5.47. The summed E-state index contributed by atoms with van der Waals surface area (Å²) in [5, 5.41) is 8.90. The van der Waals surface area contributed by atoms with Crippen LogP contribution < -0.4 is 4.72 Å². The normalized spacial score (nSPS) is 11.4. The van der Waals surface area contributed by atoms with Crippen LogP contribution in [0.3, 0.4) is 0 Å². The van der Waals surface area contributed by atoms with E-state index in [0.29, 0.717) is 41.9 Å². The number of halogens is 1. The fraction of sp³-hybridized carbons (Fsp3) is 0.167. The van der Waals surface area contributed by atoms with Gasteiger partial charge in [-0.1, -0.05) is 18.2 Å². The summed E-state index contributed by atoms with van der Waals surface area (Å²) in [4.78, 5) is 14.3. The first-order valence-corrected chi connectivity index (χ1v) is 12.9. The second-order valence-electron chi connectivity index (χ2n) is 7.73. The molecule has 34 heavy (non-hydrogen) atoms. The Morgan fingerprint density at radius 3 is 2.62 bits per heavy atom. The van der Waals surface area contributed by atoms with E-state index < -0.39 is 10.0 Å². The molecule has 4 aromatic rings. The van der Waals surface area contributed by atoms with Gasteiger partial charge in [-0.15, -0.1) is 11.3 Å². The van der Waals surface area contributed by atoms with Crippen molar-refractivity contribution in [2.75, 3.05) is 18.3 Å². The molecule has 0 unspecified atom stereocenters. The van der Waals surface area contributed by atoms with Gasteiger partial charge in [0.1, 0.15) is 10.0 Å². The van der Waals surface area contributed by atoms with Gasteiger partial charge in [0, 0.05) is 36.1 Å². The number of nitrogens with one attached hydrogen (secondary N) is 2. The summed E-state index contributed by atoms with van der Waals surface area (Å²) in [6, 6.07) is 17.7. The number of carbonyl (C=O) groups is 1. The predicted molar refractivity (Wildman–Crippen MR) is 131 cm³/mol. The summed E-state index contributed by atoms with van der Waals surface area (Å²) in [7, 11) is -1.91. The number of rotatable bonds is 9. The molecule has 0 aliphatic carbocycles. The van der Waals surface area contributed by atoms with Crippen molar-refractivity contribution < 1.29 is 17.6 Å². The number of aryl methyl sites for hydroxylation is 1. The van der Waals surface area contributed by atoms with Crippen LogP contribution in [0.4, 0.5) is 10.1 Å². The number of anilines is 1. The smallest absolute Gasteiger partial charge is 0.271 e. The van der Waals surface area contributed by atoms with E-state index in [1.165, 1.54) is 18.2 Å². The lowest BCUT2D eigenvalue weighted by molar-refractivity contribution is 0.0793. The Hall–Kier alpha value is -3.50. The minimum absolute atomic E-state index is 0.155.